The number of nitrogens with zero attached hydrogens (tertiary/aromatic N) is 2. The molecule has 0 saturated carbocycles. The summed E-state index contributed by atoms with van der Waals surface area (Å²) < 4.78 is 15.8. The van der Waals surface area contributed by atoms with Crippen LogP contribution in [-0.2, 0) is 14.3 Å². The summed E-state index contributed by atoms with van der Waals surface area (Å²) in [5, 5.41) is 0.900. The Morgan fingerprint density at radius 3 is 2.38 bits per heavy atom. The predicted molar refractivity (Wildman–Crippen MR) is 136 cm³/mol. The number of carbonyl (C=O) groups is 2. The number of ether oxygens (including phenoxy) is 3. The van der Waals surface area contributed by atoms with Crippen molar-refractivity contribution in [3.8, 4) is 11.5 Å². The van der Waals surface area contributed by atoms with Crippen molar-refractivity contribution < 1.29 is 23.8 Å². The molecule has 7 nitrogen and oxygen atoms in total. The second-order valence-corrected chi connectivity index (χ2v) is 9.63. The molecule has 0 radical (unpaired) electrons. The number of rotatable bonds is 8. The van der Waals surface area contributed by atoms with Crippen LogP contribution in [0.25, 0.3) is 10.9 Å². The van der Waals surface area contributed by atoms with Gasteiger partial charge in [-0.3, -0.25) is 14.6 Å². The Labute approximate surface area is 203 Å². The van der Waals surface area contributed by atoms with E-state index >= 15 is 0 Å². The molecule has 7 heteroatoms. The normalized spacial score (nSPS) is 13.2. The Morgan fingerprint density at radius 1 is 1.18 bits per heavy atom. The van der Waals surface area contributed by atoms with Gasteiger partial charge in [0, 0.05) is 18.9 Å². The second-order valence-electron chi connectivity index (χ2n) is 9.63. The molecule has 0 atom stereocenters. The number of carbonyl (C=O) groups excluding carboxylic acids is 2. The lowest BCUT2D eigenvalue weighted by Gasteiger charge is -2.31. The van der Waals surface area contributed by atoms with Crippen molar-refractivity contribution in [3.05, 3.63) is 24.4 Å². The molecular formula is C27H40N2O5. The van der Waals surface area contributed by atoms with E-state index in [0.29, 0.717) is 11.7 Å². The summed E-state index contributed by atoms with van der Waals surface area (Å²) >= 11 is 0. The van der Waals surface area contributed by atoms with Gasteiger partial charge in [0.05, 0.1) is 24.5 Å². The predicted octanol–water partition coefficient (Wildman–Crippen LogP) is 5.92. The number of pyridine rings is 1. The number of hydrogen-bond acceptors (Lipinski definition) is 6. The highest BCUT2D eigenvalue weighted by Gasteiger charge is 2.28. The molecular weight excluding hydrogens is 432 g/mol. The van der Waals surface area contributed by atoms with Gasteiger partial charge in [0.1, 0.15) is 11.4 Å². The molecule has 0 N–H and O–H groups in total. The van der Waals surface area contributed by atoms with Gasteiger partial charge in [0.2, 0.25) is 0 Å². The summed E-state index contributed by atoms with van der Waals surface area (Å²) in [6, 6.07) is 5.74. The first-order chi connectivity index (χ1) is 16.1. The van der Waals surface area contributed by atoms with E-state index in [0.717, 1.165) is 35.3 Å². The average Bonchev–Trinajstić information content (AvgIpc) is 2.76. The Kier molecular flexibility index (Phi) is 10.1. The third-order valence-corrected chi connectivity index (χ3v) is 5.54. The average molecular weight is 473 g/mol. The van der Waals surface area contributed by atoms with Crippen LogP contribution in [0.5, 0.6) is 11.5 Å². The van der Waals surface area contributed by atoms with Gasteiger partial charge in [-0.15, -0.1) is 0 Å². The van der Waals surface area contributed by atoms with Crippen LogP contribution in [0, 0.1) is 5.92 Å². The van der Waals surface area contributed by atoms with Gasteiger partial charge in [-0.05, 0) is 51.3 Å². The van der Waals surface area contributed by atoms with Crippen LogP contribution in [-0.4, -0.2) is 42.7 Å². The summed E-state index contributed by atoms with van der Waals surface area (Å²) in [5.41, 5.74) is 1.34. The van der Waals surface area contributed by atoms with Crippen LogP contribution in [0.3, 0.4) is 0 Å². The van der Waals surface area contributed by atoms with E-state index in [1.165, 1.54) is 32.6 Å². The number of aromatic nitrogens is 1. The zero-order chi connectivity index (χ0) is 25.3. The largest absolute Gasteiger partial charge is 0.497 e. The van der Waals surface area contributed by atoms with Gasteiger partial charge in [-0.25, -0.2) is 0 Å². The van der Waals surface area contributed by atoms with Crippen LogP contribution in [0.1, 0.15) is 73.6 Å². The lowest BCUT2D eigenvalue weighted by molar-refractivity contribution is -0.151. The number of methoxy groups -OCH3 is 1. The maximum Gasteiger partial charge on any atom is 0.303 e. The number of amides is 1. The van der Waals surface area contributed by atoms with Crippen LogP contribution in [0.15, 0.2) is 24.4 Å². The molecule has 3 rings (SSSR count). The van der Waals surface area contributed by atoms with Crippen molar-refractivity contribution in [1.29, 1.82) is 0 Å². The number of fused-ring (bicyclic) bond motifs is 3. The third-order valence-electron chi connectivity index (χ3n) is 5.54. The lowest BCUT2D eigenvalue weighted by Crippen LogP contribution is -2.40. The van der Waals surface area contributed by atoms with Crippen LogP contribution < -0.4 is 14.4 Å². The molecule has 0 aliphatic carbocycles. The fourth-order valence-electron chi connectivity index (χ4n) is 4.22. The Hall–Kier alpha value is -2.83. The summed E-state index contributed by atoms with van der Waals surface area (Å²) in [6.07, 6.45) is 7.53. The second kappa shape index (κ2) is 12.6. The van der Waals surface area contributed by atoms with Crippen molar-refractivity contribution in [1.82, 2.24) is 4.98 Å². The zero-order valence-electron chi connectivity index (χ0n) is 21.8. The van der Waals surface area contributed by atoms with E-state index in [-0.39, 0.29) is 24.1 Å². The number of esters is 1. The molecule has 0 bridgehead atoms. The number of hydrogen-bond donors (Lipinski definition) is 0. The van der Waals surface area contributed by atoms with Gasteiger partial charge < -0.3 is 19.1 Å². The highest BCUT2D eigenvalue weighted by atomic mass is 16.6. The van der Waals surface area contributed by atoms with E-state index in [9.17, 15) is 9.59 Å². The monoisotopic (exact) mass is 472 g/mol. The first kappa shape index (κ1) is 27.4. The molecule has 2 aromatic rings. The zero-order valence-corrected chi connectivity index (χ0v) is 21.8. The molecule has 0 unspecified atom stereocenters. The highest BCUT2D eigenvalue weighted by molar-refractivity contribution is 6.07. The fourth-order valence-corrected chi connectivity index (χ4v) is 4.22. The van der Waals surface area contributed by atoms with Crippen molar-refractivity contribution in [2.24, 2.45) is 5.92 Å². The molecule has 1 aromatic heterocycles. The van der Waals surface area contributed by atoms with Crippen LogP contribution in [0.2, 0.25) is 0 Å². The van der Waals surface area contributed by atoms with Crippen molar-refractivity contribution >= 4 is 28.5 Å². The van der Waals surface area contributed by atoms with Crippen LogP contribution >= 0.6 is 0 Å². The van der Waals surface area contributed by atoms with E-state index in [2.05, 4.69) is 18.8 Å². The molecule has 34 heavy (non-hydrogen) atoms. The topological polar surface area (TPSA) is 78.0 Å². The van der Waals surface area contributed by atoms with Gasteiger partial charge >= 0.3 is 5.97 Å². The smallest absolute Gasteiger partial charge is 0.303 e. The highest BCUT2D eigenvalue weighted by Crippen LogP contribution is 2.39. The van der Waals surface area contributed by atoms with E-state index in [1.807, 2.05) is 43.9 Å². The summed E-state index contributed by atoms with van der Waals surface area (Å²) in [7, 11) is 1.64. The van der Waals surface area contributed by atoms with Crippen molar-refractivity contribution in [3.63, 3.8) is 0 Å². The molecule has 0 saturated heterocycles. The summed E-state index contributed by atoms with van der Waals surface area (Å²) in [6.45, 7) is 12.2. The molecule has 0 spiro atoms. The first-order valence-corrected chi connectivity index (χ1v) is 12.2. The molecule has 0 fully saturated rings. The molecule has 1 aliphatic rings. The maximum absolute atomic E-state index is 12.6. The minimum Gasteiger partial charge on any atom is -0.497 e. The van der Waals surface area contributed by atoms with E-state index in [1.54, 1.807) is 13.3 Å². The van der Waals surface area contributed by atoms with E-state index < -0.39 is 0 Å². The van der Waals surface area contributed by atoms with Crippen molar-refractivity contribution in [2.45, 2.75) is 79.2 Å². The molecule has 1 amide bonds. The van der Waals surface area contributed by atoms with Gasteiger partial charge in [0.25, 0.3) is 5.91 Å². The van der Waals surface area contributed by atoms with E-state index in [4.69, 9.17) is 14.2 Å². The summed E-state index contributed by atoms with van der Waals surface area (Å²) in [5.74, 6) is 1.87. The fraction of sp³-hybridized carbons (Fsp3) is 0.593. The third kappa shape index (κ3) is 7.89. The Morgan fingerprint density at radius 2 is 1.85 bits per heavy atom. The molecule has 1 aliphatic heterocycles. The number of anilines is 1. The lowest BCUT2D eigenvalue weighted by atomic mass is 9.94. The minimum absolute atomic E-state index is 0.0135. The van der Waals surface area contributed by atoms with Crippen LogP contribution in [0.4, 0.5) is 5.69 Å². The molecule has 188 valence electrons. The standard InChI is InChI=1S/C21H28N2O3.C6H12O2/c1-4-6-15(7-5-2)10-11-23-20(24)14-26-19-13-22-18-9-8-16(25-3)12-17(18)21(19)23;1-5(7)8-6(2,3)4/h8-9,12-13,15H,4-7,10-11,14H2,1-3H3;1-4H3. The Bertz CT molecular complexity index is 956. The molecule has 2 heterocycles. The maximum atomic E-state index is 12.6. The quantitative estimate of drug-likeness (QED) is 0.444. The molecule has 1 aromatic carbocycles. The van der Waals surface area contributed by atoms with Gasteiger partial charge in [-0.1, -0.05) is 39.5 Å². The SMILES string of the molecule is CC(=O)OC(C)(C)C.CCCC(CCC)CCN1C(=O)COc2cnc3ccc(OC)cc3c21. The minimum atomic E-state index is -0.328. The van der Waals surface area contributed by atoms with Gasteiger partial charge in [-0.2, -0.15) is 0 Å². The summed E-state index contributed by atoms with van der Waals surface area (Å²) in [4.78, 5) is 29.2. The first-order valence-electron chi connectivity index (χ1n) is 12.2. The van der Waals surface area contributed by atoms with Gasteiger partial charge in [0.15, 0.2) is 12.4 Å². The number of benzene rings is 1. The Balaban J connectivity index is 0.000000440. The van der Waals surface area contributed by atoms with Crippen molar-refractivity contribution in [2.75, 3.05) is 25.2 Å².